The van der Waals surface area contributed by atoms with Crippen molar-refractivity contribution in [1.82, 2.24) is 4.31 Å². The van der Waals surface area contributed by atoms with E-state index in [9.17, 15) is 13.2 Å². The molecule has 114 valence electrons. The van der Waals surface area contributed by atoms with Gasteiger partial charge in [0.2, 0.25) is 0 Å². The fourth-order valence-corrected chi connectivity index (χ4v) is 4.80. The number of benzene rings is 1. The molecule has 1 saturated heterocycles. The highest BCUT2D eigenvalue weighted by molar-refractivity contribution is 7.91. The van der Waals surface area contributed by atoms with Crippen molar-refractivity contribution < 1.29 is 13.2 Å². The highest BCUT2D eigenvalue weighted by Crippen LogP contribution is 2.38. The molecular formula is C15H20N2O3S. The Morgan fingerprint density at radius 1 is 1.19 bits per heavy atom. The first-order valence-electron chi connectivity index (χ1n) is 6.89. The number of sulfonamides is 1. The van der Waals surface area contributed by atoms with Crippen molar-refractivity contribution in [3.05, 3.63) is 35.9 Å². The lowest BCUT2D eigenvalue weighted by molar-refractivity contribution is -0.122. The normalized spacial score (nSPS) is 23.8. The van der Waals surface area contributed by atoms with Crippen molar-refractivity contribution in [1.29, 1.82) is 0 Å². The van der Waals surface area contributed by atoms with Gasteiger partial charge in [-0.3, -0.25) is 9.79 Å². The molecule has 0 bridgehead atoms. The van der Waals surface area contributed by atoms with Gasteiger partial charge >= 0.3 is 0 Å². The molecule has 1 amide bonds. The zero-order chi connectivity index (χ0) is 15.8. The molecule has 0 saturated carbocycles. The predicted octanol–water partition coefficient (Wildman–Crippen LogP) is 2.16. The predicted molar refractivity (Wildman–Crippen MR) is 82.7 cm³/mol. The molecule has 1 aliphatic heterocycles. The summed E-state index contributed by atoms with van der Waals surface area (Å²) in [5.74, 6) is -0.516. The minimum Gasteiger partial charge on any atom is -0.283 e. The van der Waals surface area contributed by atoms with E-state index in [4.69, 9.17) is 0 Å². The summed E-state index contributed by atoms with van der Waals surface area (Å²) in [6, 6.07) is 8.77. The first-order valence-corrected chi connectivity index (χ1v) is 8.39. The van der Waals surface area contributed by atoms with Crippen LogP contribution in [0, 0.1) is 0 Å². The number of hydrogen-bond acceptors (Lipinski definition) is 4. The highest BCUT2D eigenvalue weighted by Gasteiger charge is 2.54. The van der Waals surface area contributed by atoms with Crippen molar-refractivity contribution in [2.24, 2.45) is 4.99 Å². The Hall–Kier alpha value is -1.69. The number of carbonyl (C=O) groups excluding carboxylic acids is 1. The SMILES string of the molecule is CCN=C1C(=O)N(C(C)(C)C)S(=O)(=O)C1c1ccccc1. The van der Waals surface area contributed by atoms with Crippen molar-refractivity contribution in [2.75, 3.05) is 6.54 Å². The Bertz CT molecular complexity index is 673. The van der Waals surface area contributed by atoms with Gasteiger partial charge in [0.05, 0.1) is 5.54 Å². The fourth-order valence-electron chi connectivity index (χ4n) is 2.54. The molecule has 1 aromatic carbocycles. The Kier molecular flexibility index (Phi) is 3.93. The summed E-state index contributed by atoms with van der Waals surface area (Å²) in [6.07, 6.45) is 0. The van der Waals surface area contributed by atoms with E-state index in [1.165, 1.54) is 0 Å². The van der Waals surface area contributed by atoms with Crippen LogP contribution in [-0.2, 0) is 14.8 Å². The van der Waals surface area contributed by atoms with Crippen LogP contribution in [0.3, 0.4) is 0 Å². The summed E-state index contributed by atoms with van der Waals surface area (Å²) in [6.45, 7) is 7.28. The van der Waals surface area contributed by atoms with Gasteiger partial charge in [0.25, 0.3) is 15.9 Å². The third-order valence-corrected chi connectivity index (χ3v) is 5.56. The van der Waals surface area contributed by atoms with Gasteiger partial charge in [-0.1, -0.05) is 30.3 Å². The summed E-state index contributed by atoms with van der Waals surface area (Å²) < 4.78 is 26.7. The molecule has 1 atom stereocenters. The molecule has 0 aromatic heterocycles. The van der Waals surface area contributed by atoms with Crippen LogP contribution in [0.1, 0.15) is 38.5 Å². The summed E-state index contributed by atoms with van der Waals surface area (Å²) in [5, 5.41) is -1.01. The molecule has 0 radical (unpaired) electrons. The van der Waals surface area contributed by atoms with Gasteiger partial charge in [-0.2, -0.15) is 0 Å². The lowest BCUT2D eigenvalue weighted by atomic mass is 10.1. The molecule has 2 rings (SSSR count). The summed E-state index contributed by atoms with van der Waals surface area (Å²) in [7, 11) is -3.81. The largest absolute Gasteiger partial charge is 0.283 e. The van der Waals surface area contributed by atoms with E-state index in [1.807, 2.05) is 6.07 Å². The molecule has 0 N–H and O–H groups in total. The monoisotopic (exact) mass is 308 g/mol. The third-order valence-electron chi connectivity index (χ3n) is 3.24. The Morgan fingerprint density at radius 2 is 1.76 bits per heavy atom. The van der Waals surface area contributed by atoms with Gasteiger partial charge in [-0.15, -0.1) is 0 Å². The fraction of sp³-hybridized carbons (Fsp3) is 0.467. The standard InChI is InChI=1S/C15H20N2O3S/c1-5-16-12-13(11-9-7-6-8-10-11)21(19,20)17(14(12)18)15(2,3)4/h6-10,13H,5H2,1-4H3. The maximum Gasteiger partial charge on any atom is 0.283 e. The molecule has 1 fully saturated rings. The summed E-state index contributed by atoms with van der Waals surface area (Å²) >= 11 is 0. The first kappa shape index (κ1) is 15.7. The maximum absolute atomic E-state index is 12.9. The maximum atomic E-state index is 12.9. The van der Waals surface area contributed by atoms with Crippen molar-refractivity contribution >= 4 is 21.6 Å². The molecule has 5 nitrogen and oxygen atoms in total. The number of nitrogens with zero attached hydrogens (tertiary/aromatic N) is 2. The van der Waals surface area contributed by atoms with Crippen LogP contribution >= 0.6 is 0 Å². The minimum atomic E-state index is -3.81. The van der Waals surface area contributed by atoms with Crippen molar-refractivity contribution in [2.45, 2.75) is 38.5 Å². The van der Waals surface area contributed by atoms with E-state index in [-0.39, 0.29) is 5.71 Å². The Labute approximate surface area is 125 Å². The second-order valence-corrected chi connectivity index (χ2v) is 7.80. The average Bonchev–Trinajstić information content (AvgIpc) is 2.57. The lowest BCUT2D eigenvalue weighted by Gasteiger charge is -2.30. The molecule has 21 heavy (non-hydrogen) atoms. The second-order valence-electron chi connectivity index (χ2n) is 5.94. The number of rotatable bonds is 2. The van der Waals surface area contributed by atoms with E-state index >= 15 is 0 Å². The second kappa shape index (κ2) is 5.26. The molecule has 1 unspecified atom stereocenters. The zero-order valence-corrected chi connectivity index (χ0v) is 13.5. The Balaban J connectivity index is 2.68. The number of hydrogen-bond donors (Lipinski definition) is 0. The van der Waals surface area contributed by atoms with Gasteiger partial charge in [0, 0.05) is 6.54 Å². The zero-order valence-electron chi connectivity index (χ0n) is 12.7. The third kappa shape index (κ3) is 2.60. The summed E-state index contributed by atoms with van der Waals surface area (Å²) in [4.78, 5) is 16.7. The Morgan fingerprint density at radius 3 is 2.24 bits per heavy atom. The van der Waals surface area contributed by atoms with E-state index in [0.29, 0.717) is 12.1 Å². The number of amides is 1. The summed E-state index contributed by atoms with van der Waals surface area (Å²) in [5.41, 5.74) is -0.128. The van der Waals surface area contributed by atoms with E-state index < -0.39 is 26.7 Å². The average molecular weight is 308 g/mol. The van der Waals surface area contributed by atoms with E-state index in [1.54, 1.807) is 52.0 Å². The van der Waals surface area contributed by atoms with Crippen LogP contribution in [0.4, 0.5) is 0 Å². The molecule has 1 aliphatic rings. The van der Waals surface area contributed by atoms with Crippen LogP contribution in [0.2, 0.25) is 0 Å². The van der Waals surface area contributed by atoms with Crippen molar-refractivity contribution in [3.8, 4) is 0 Å². The molecule has 1 heterocycles. The van der Waals surface area contributed by atoms with Gasteiger partial charge in [-0.05, 0) is 33.3 Å². The van der Waals surface area contributed by atoms with Crippen molar-refractivity contribution in [3.63, 3.8) is 0 Å². The van der Waals surface area contributed by atoms with Gasteiger partial charge in [0.1, 0.15) is 5.71 Å². The first-order chi connectivity index (χ1) is 9.71. The van der Waals surface area contributed by atoms with Gasteiger partial charge in [0.15, 0.2) is 5.25 Å². The van der Waals surface area contributed by atoms with E-state index in [0.717, 1.165) is 4.31 Å². The van der Waals surface area contributed by atoms with Gasteiger partial charge in [-0.25, -0.2) is 12.7 Å². The molecular weight excluding hydrogens is 288 g/mol. The van der Waals surface area contributed by atoms with Crippen LogP contribution in [0.15, 0.2) is 35.3 Å². The minimum absolute atomic E-state index is 0.110. The molecule has 1 aromatic rings. The topological polar surface area (TPSA) is 66.8 Å². The molecule has 6 heteroatoms. The number of carbonyl (C=O) groups is 1. The van der Waals surface area contributed by atoms with Gasteiger partial charge < -0.3 is 0 Å². The molecule has 0 spiro atoms. The molecule has 0 aliphatic carbocycles. The van der Waals surface area contributed by atoms with E-state index in [2.05, 4.69) is 4.99 Å². The van der Waals surface area contributed by atoms with Crippen LogP contribution in [0.5, 0.6) is 0 Å². The van der Waals surface area contributed by atoms with Crippen LogP contribution in [-0.4, -0.2) is 36.4 Å². The van der Waals surface area contributed by atoms with Crippen LogP contribution < -0.4 is 0 Å². The smallest absolute Gasteiger partial charge is 0.283 e. The lowest BCUT2D eigenvalue weighted by Crippen LogP contribution is -2.45. The highest BCUT2D eigenvalue weighted by atomic mass is 32.2. The van der Waals surface area contributed by atoms with Crippen LogP contribution in [0.25, 0.3) is 0 Å². The quantitative estimate of drug-likeness (QED) is 0.841. The number of aliphatic imine (C=N–C) groups is 1.